The third-order valence-corrected chi connectivity index (χ3v) is 3.52. The summed E-state index contributed by atoms with van der Waals surface area (Å²) >= 11 is 7.24. The van der Waals surface area contributed by atoms with Crippen LogP contribution in [0.3, 0.4) is 0 Å². The van der Waals surface area contributed by atoms with Crippen LogP contribution in [0.1, 0.15) is 5.56 Å². The normalized spacial score (nSPS) is 14.5. The van der Waals surface area contributed by atoms with Crippen LogP contribution in [0.2, 0.25) is 5.02 Å². The highest BCUT2D eigenvalue weighted by atomic mass is 35.5. The molecule has 0 amide bonds. The summed E-state index contributed by atoms with van der Waals surface area (Å²) in [6.07, 6.45) is 2.30. The minimum absolute atomic E-state index is 0.375. The number of fused-ring (bicyclic) bond motifs is 1. The number of carbonyl (C=O) groups is 1. The van der Waals surface area contributed by atoms with E-state index in [1.807, 2.05) is 18.2 Å². The van der Waals surface area contributed by atoms with Crippen LogP contribution in [0.25, 0.3) is 0 Å². The molecule has 0 aliphatic carbocycles. The highest BCUT2D eigenvalue weighted by Gasteiger charge is 2.17. The van der Waals surface area contributed by atoms with Gasteiger partial charge in [-0.2, -0.15) is 0 Å². The summed E-state index contributed by atoms with van der Waals surface area (Å²) in [4.78, 5) is 12.0. The van der Waals surface area contributed by atoms with Gasteiger partial charge in [0, 0.05) is 9.92 Å². The van der Waals surface area contributed by atoms with Crippen molar-refractivity contribution in [3.8, 4) is 0 Å². The van der Waals surface area contributed by atoms with Crippen LogP contribution in [-0.4, -0.2) is 11.1 Å². The van der Waals surface area contributed by atoms with Crippen LogP contribution in [0.5, 0.6) is 0 Å². The van der Waals surface area contributed by atoms with E-state index in [2.05, 4.69) is 0 Å². The predicted octanol–water partition coefficient (Wildman–Crippen LogP) is 2.96. The third kappa shape index (κ3) is 1.65. The lowest BCUT2D eigenvalue weighted by Gasteiger charge is -2.14. The number of carboxylic acids is 1. The van der Waals surface area contributed by atoms with E-state index in [0.717, 1.165) is 10.5 Å². The van der Waals surface area contributed by atoms with Crippen LogP contribution in [0.4, 0.5) is 0 Å². The molecule has 1 aliphatic rings. The second kappa shape index (κ2) is 3.67. The molecule has 0 saturated heterocycles. The van der Waals surface area contributed by atoms with E-state index in [1.54, 1.807) is 6.08 Å². The highest BCUT2D eigenvalue weighted by molar-refractivity contribution is 8.04. The van der Waals surface area contributed by atoms with E-state index in [1.165, 1.54) is 11.8 Å². The molecule has 14 heavy (non-hydrogen) atoms. The second-order valence-corrected chi connectivity index (χ2v) is 4.39. The maximum atomic E-state index is 10.7. The first kappa shape index (κ1) is 9.62. The van der Waals surface area contributed by atoms with E-state index in [-0.39, 0.29) is 0 Å². The van der Waals surface area contributed by atoms with Gasteiger partial charge >= 0.3 is 5.97 Å². The Morgan fingerprint density at radius 2 is 2.29 bits per heavy atom. The molecule has 1 aliphatic heterocycles. The molecule has 72 valence electrons. The average molecular weight is 227 g/mol. The average Bonchev–Trinajstić information content (AvgIpc) is 2.17. The molecule has 1 heterocycles. The van der Waals surface area contributed by atoms with Crippen molar-refractivity contribution >= 4 is 29.3 Å². The molecule has 0 radical (unpaired) electrons. The number of hydrogen-bond donors (Lipinski definition) is 1. The molecule has 0 saturated carbocycles. The van der Waals surface area contributed by atoms with Gasteiger partial charge in [0.1, 0.15) is 0 Å². The van der Waals surface area contributed by atoms with Crippen molar-refractivity contribution in [3.63, 3.8) is 0 Å². The molecular weight excluding hydrogens is 220 g/mol. The summed E-state index contributed by atoms with van der Waals surface area (Å²) in [6, 6.07) is 5.54. The molecule has 1 aromatic carbocycles. The Morgan fingerprint density at radius 1 is 1.50 bits per heavy atom. The van der Waals surface area contributed by atoms with Gasteiger partial charge in [0.05, 0.1) is 4.91 Å². The fraction of sp³-hybridized carbons (Fsp3) is 0.100. The minimum atomic E-state index is -0.874. The van der Waals surface area contributed by atoms with Crippen molar-refractivity contribution in [2.45, 2.75) is 11.3 Å². The molecular formula is C10H7ClO2S. The molecule has 0 aromatic heterocycles. The second-order valence-electron chi connectivity index (χ2n) is 2.90. The fourth-order valence-corrected chi connectivity index (χ4v) is 2.58. The first-order valence-corrected chi connectivity index (χ1v) is 5.26. The van der Waals surface area contributed by atoms with E-state index < -0.39 is 5.97 Å². The third-order valence-electron chi connectivity index (χ3n) is 2.00. The number of benzene rings is 1. The van der Waals surface area contributed by atoms with Crippen LogP contribution in [-0.2, 0) is 11.2 Å². The van der Waals surface area contributed by atoms with Crippen LogP contribution in [0.15, 0.2) is 34.1 Å². The number of allylic oxidation sites excluding steroid dienone is 1. The first-order chi connectivity index (χ1) is 6.68. The van der Waals surface area contributed by atoms with Gasteiger partial charge in [0.25, 0.3) is 0 Å². The number of thioether (sulfide) groups is 1. The lowest BCUT2D eigenvalue weighted by Crippen LogP contribution is -2.03. The van der Waals surface area contributed by atoms with Gasteiger partial charge < -0.3 is 5.11 Å². The molecule has 0 fully saturated rings. The Balaban J connectivity index is 2.39. The summed E-state index contributed by atoms with van der Waals surface area (Å²) in [6.45, 7) is 0. The number of rotatable bonds is 1. The number of halogens is 1. The summed E-state index contributed by atoms with van der Waals surface area (Å²) in [5.41, 5.74) is 1.02. The number of aliphatic carboxylic acids is 1. The fourth-order valence-electron chi connectivity index (χ4n) is 1.32. The van der Waals surface area contributed by atoms with Gasteiger partial charge in [-0.25, -0.2) is 4.79 Å². The van der Waals surface area contributed by atoms with Crippen molar-refractivity contribution in [3.05, 3.63) is 39.8 Å². The zero-order valence-corrected chi connectivity index (χ0v) is 8.73. The summed E-state index contributed by atoms with van der Waals surface area (Å²) < 4.78 is 0. The Bertz CT molecular complexity index is 426. The number of carboxylic acid groups (broad SMARTS) is 1. The van der Waals surface area contributed by atoms with Crippen LogP contribution in [0, 0.1) is 0 Å². The standard InChI is InChI=1S/C10H7ClO2S/c11-7-2-1-3-8-6(7)4-5-9(14-8)10(12)13/h1-3,5H,4H2,(H,12,13). The van der Waals surface area contributed by atoms with Crippen molar-refractivity contribution in [1.82, 2.24) is 0 Å². The molecule has 0 bridgehead atoms. The Hall–Kier alpha value is -0.930. The SMILES string of the molecule is O=C(O)C1=CCc2c(Cl)cccc2S1. The molecule has 0 atom stereocenters. The van der Waals surface area contributed by atoms with Crippen molar-refractivity contribution in [2.75, 3.05) is 0 Å². The largest absolute Gasteiger partial charge is 0.477 e. The van der Waals surface area contributed by atoms with E-state index in [0.29, 0.717) is 16.3 Å². The van der Waals surface area contributed by atoms with Crippen molar-refractivity contribution in [2.24, 2.45) is 0 Å². The zero-order valence-electron chi connectivity index (χ0n) is 7.16. The van der Waals surface area contributed by atoms with Gasteiger partial charge in [-0.15, -0.1) is 0 Å². The van der Waals surface area contributed by atoms with Crippen LogP contribution >= 0.6 is 23.4 Å². The number of hydrogen-bond acceptors (Lipinski definition) is 2. The zero-order chi connectivity index (χ0) is 10.1. The van der Waals surface area contributed by atoms with E-state index in [9.17, 15) is 4.79 Å². The van der Waals surface area contributed by atoms with Crippen molar-refractivity contribution < 1.29 is 9.90 Å². The first-order valence-electron chi connectivity index (χ1n) is 4.07. The van der Waals surface area contributed by atoms with Gasteiger partial charge in [-0.1, -0.05) is 35.5 Å². The summed E-state index contributed by atoms with van der Waals surface area (Å²) in [7, 11) is 0. The van der Waals surface area contributed by atoms with E-state index in [4.69, 9.17) is 16.7 Å². The summed E-state index contributed by atoms with van der Waals surface area (Å²) in [5.74, 6) is -0.874. The highest BCUT2D eigenvalue weighted by Crippen LogP contribution is 2.37. The quantitative estimate of drug-likeness (QED) is 0.800. The predicted molar refractivity (Wildman–Crippen MR) is 56.7 cm³/mol. The van der Waals surface area contributed by atoms with Gasteiger partial charge in [-0.05, 0) is 24.1 Å². The van der Waals surface area contributed by atoms with Crippen LogP contribution < -0.4 is 0 Å². The molecule has 2 rings (SSSR count). The Morgan fingerprint density at radius 3 is 3.00 bits per heavy atom. The van der Waals surface area contributed by atoms with Gasteiger partial charge in [-0.3, -0.25) is 0 Å². The maximum absolute atomic E-state index is 10.7. The molecule has 4 heteroatoms. The molecule has 1 N–H and O–H groups in total. The lowest BCUT2D eigenvalue weighted by molar-refractivity contribution is -0.131. The monoisotopic (exact) mass is 226 g/mol. The Labute approximate surface area is 90.6 Å². The van der Waals surface area contributed by atoms with Crippen molar-refractivity contribution in [1.29, 1.82) is 0 Å². The van der Waals surface area contributed by atoms with Gasteiger partial charge in [0.2, 0.25) is 0 Å². The smallest absolute Gasteiger partial charge is 0.342 e. The topological polar surface area (TPSA) is 37.3 Å². The molecule has 2 nitrogen and oxygen atoms in total. The maximum Gasteiger partial charge on any atom is 0.342 e. The lowest BCUT2D eigenvalue weighted by atomic mass is 10.1. The Kier molecular flexibility index (Phi) is 2.52. The summed E-state index contributed by atoms with van der Waals surface area (Å²) in [5, 5.41) is 9.52. The van der Waals surface area contributed by atoms with Gasteiger partial charge in [0.15, 0.2) is 0 Å². The molecule has 1 aromatic rings. The molecule has 0 spiro atoms. The minimum Gasteiger partial charge on any atom is -0.477 e. The molecule has 0 unspecified atom stereocenters. The van der Waals surface area contributed by atoms with E-state index >= 15 is 0 Å².